The lowest BCUT2D eigenvalue weighted by Gasteiger charge is -2.29. The van der Waals surface area contributed by atoms with E-state index in [4.69, 9.17) is 0 Å². The van der Waals surface area contributed by atoms with Gasteiger partial charge in [0.25, 0.3) is 0 Å². The first-order chi connectivity index (χ1) is 9.90. The number of carbonyl (C=O) groups is 1. The summed E-state index contributed by atoms with van der Waals surface area (Å²) in [4.78, 5) is 12.1. The zero-order chi connectivity index (χ0) is 16.0. The smallest absolute Gasteiger partial charge is 0.310 e. The summed E-state index contributed by atoms with van der Waals surface area (Å²) in [6, 6.07) is 5.07. The lowest BCUT2D eigenvalue weighted by Crippen LogP contribution is -2.41. The van der Waals surface area contributed by atoms with Gasteiger partial charge >= 0.3 is 5.97 Å². The molecule has 0 heterocycles. The van der Waals surface area contributed by atoms with Gasteiger partial charge in [-0.15, -0.1) is 11.8 Å². The molecule has 0 amide bonds. The van der Waals surface area contributed by atoms with Crippen LogP contribution in [0.1, 0.15) is 45.2 Å². The number of thioether (sulfide) groups is 1. The predicted octanol–water partition coefficient (Wildman–Crippen LogP) is 4.09. The third kappa shape index (κ3) is 4.20. The van der Waals surface area contributed by atoms with Gasteiger partial charge in [0.2, 0.25) is 0 Å². The van der Waals surface area contributed by atoms with Gasteiger partial charge in [-0.3, -0.25) is 4.79 Å². The zero-order valence-electron chi connectivity index (χ0n) is 13.1. The van der Waals surface area contributed by atoms with Crippen molar-refractivity contribution in [3.05, 3.63) is 29.6 Å². The van der Waals surface area contributed by atoms with Crippen molar-refractivity contribution in [3.8, 4) is 0 Å². The van der Waals surface area contributed by atoms with E-state index >= 15 is 0 Å². The Labute approximate surface area is 130 Å². The Morgan fingerprint density at radius 2 is 2.05 bits per heavy atom. The zero-order valence-corrected chi connectivity index (χ0v) is 13.9. The highest BCUT2D eigenvalue weighted by molar-refractivity contribution is 7.98. The number of halogens is 1. The van der Waals surface area contributed by atoms with Gasteiger partial charge in [-0.2, -0.15) is 0 Å². The average Bonchev–Trinajstić information content (AvgIpc) is 2.48. The van der Waals surface area contributed by atoms with Gasteiger partial charge in [0.05, 0.1) is 5.41 Å². The molecular formula is C16H24FNO2S. The van der Waals surface area contributed by atoms with Crippen LogP contribution >= 0.6 is 11.8 Å². The van der Waals surface area contributed by atoms with Gasteiger partial charge < -0.3 is 10.4 Å². The van der Waals surface area contributed by atoms with E-state index < -0.39 is 11.4 Å². The SMILES string of the molecule is CCC(CC)(CNC(C)c1ccc(SC)c(F)c1)C(=O)O. The van der Waals surface area contributed by atoms with Crippen molar-refractivity contribution in [2.24, 2.45) is 5.41 Å². The summed E-state index contributed by atoms with van der Waals surface area (Å²) >= 11 is 1.37. The fraction of sp³-hybridized carbons (Fsp3) is 0.562. The molecule has 0 radical (unpaired) electrons. The molecule has 0 aliphatic heterocycles. The van der Waals surface area contributed by atoms with E-state index in [1.54, 1.807) is 6.07 Å². The Kier molecular flexibility index (Phi) is 6.68. The van der Waals surface area contributed by atoms with Crippen molar-refractivity contribution in [1.82, 2.24) is 5.32 Å². The Morgan fingerprint density at radius 3 is 2.48 bits per heavy atom. The number of carboxylic acid groups (broad SMARTS) is 1. The summed E-state index contributed by atoms with van der Waals surface area (Å²) in [5.74, 6) is -1.01. The minimum Gasteiger partial charge on any atom is -0.481 e. The molecule has 0 aliphatic carbocycles. The normalized spacial score (nSPS) is 13.2. The summed E-state index contributed by atoms with van der Waals surface area (Å²) in [5.41, 5.74) is 0.0724. The number of hydrogen-bond acceptors (Lipinski definition) is 3. The third-order valence-electron chi connectivity index (χ3n) is 4.23. The van der Waals surface area contributed by atoms with Gasteiger partial charge in [-0.1, -0.05) is 19.9 Å². The lowest BCUT2D eigenvalue weighted by atomic mass is 9.82. The van der Waals surface area contributed by atoms with Gasteiger partial charge in [0, 0.05) is 17.5 Å². The second-order valence-corrected chi connectivity index (χ2v) is 6.14. The molecule has 0 aromatic heterocycles. The number of carboxylic acids is 1. The van der Waals surface area contributed by atoms with Crippen LogP contribution in [0.3, 0.4) is 0 Å². The molecule has 1 aromatic carbocycles. The first-order valence-electron chi connectivity index (χ1n) is 7.20. The van der Waals surface area contributed by atoms with Crippen molar-refractivity contribution in [2.45, 2.75) is 44.6 Å². The Morgan fingerprint density at radius 1 is 1.43 bits per heavy atom. The summed E-state index contributed by atoms with van der Waals surface area (Å²) in [5, 5.41) is 12.7. The number of rotatable bonds is 8. The highest BCUT2D eigenvalue weighted by Crippen LogP contribution is 2.28. The molecule has 21 heavy (non-hydrogen) atoms. The maximum absolute atomic E-state index is 13.8. The van der Waals surface area contributed by atoms with Crippen LogP contribution in [0, 0.1) is 11.2 Å². The minimum atomic E-state index is -0.781. The highest BCUT2D eigenvalue weighted by Gasteiger charge is 2.34. The van der Waals surface area contributed by atoms with E-state index in [9.17, 15) is 14.3 Å². The topological polar surface area (TPSA) is 49.3 Å². The van der Waals surface area contributed by atoms with Crippen molar-refractivity contribution < 1.29 is 14.3 Å². The maximum Gasteiger partial charge on any atom is 0.310 e. The van der Waals surface area contributed by atoms with E-state index in [0.29, 0.717) is 24.3 Å². The standard InChI is InChI=1S/C16H24FNO2S/c1-5-16(6-2,15(19)20)10-18-11(3)12-7-8-14(21-4)13(17)9-12/h7-9,11,18H,5-6,10H2,1-4H3,(H,19,20). The Balaban J connectivity index is 2.79. The van der Waals surface area contributed by atoms with Gasteiger partial charge in [0.15, 0.2) is 0 Å². The first kappa shape index (κ1) is 18.0. The molecule has 5 heteroatoms. The molecule has 0 saturated heterocycles. The first-order valence-corrected chi connectivity index (χ1v) is 8.42. The molecule has 0 saturated carbocycles. The number of aliphatic carboxylic acids is 1. The highest BCUT2D eigenvalue weighted by atomic mass is 32.2. The number of benzene rings is 1. The van der Waals surface area contributed by atoms with Crippen molar-refractivity contribution in [2.75, 3.05) is 12.8 Å². The molecule has 0 aliphatic rings. The van der Waals surface area contributed by atoms with Crippen LogP contribution < -0.4 is 5.32 Å². The van der Waals surface area contributed by atoms with Crippen molar-refractivity contribution >= 4 is 17.7 Å². The Bertz CT molecular complexity index is 489. The largest absolute Gasteiger partial charge is 0.481 e. The summed E-state index contributed by atoms with van der Waals surface area (Å²) in [6.45, 7) is 6.07. The molecule has 3 nitrogen and oxygen atoms in total. The van der Waals surface area contributed by atoms with Crippen LogP contribution in [0.4, 0.5) is 4.39 Å². The summed E-state index contributed by atoms with van der Waals surface area (Å²) in [6.07, 6.45) is 2.97. The monoisotopic (exact) mass is 313 g/mol. The van der Waals surface area contributed by atoms with E-state index in [0.717, 1.165) is 5.56 Å². The quantitative estimate of drug-likeness (QED) is 0.710. The van der Waals surface area contributed by atoms with E-state index in [1.807, 2.05) is 33.1 Å². The van der Waals surface area contributed by atoms with E-state index in [-0.39, 0.29) is 11.9 Å². The van der Waals surface area contributed by atoms with Gasteiger partial charge in [-0.25, -0.2) is 4.39 Å². The fourth-order valence-corrected chi connectivity index (χ4v) is 2.75. The van der Waals surface area contributed by atoms with Gasteiger partial charge in [-0.05, 0) is 43.7 Å². The second-order valence-electron chi connectivity index (χ2n) is 5.29. The Hall–Kier alpha value is -1.07. The summed E-state index contributed by atoms with van der Waals surface area (Å²) < 4.78 is 13.8. The molecule has 1 atom stereocenters. The molecule has 1 rings (SSSR count). The molecular weight excluding hydrogens is 289 g/mol. The fourth-order valence-electron chi connectivity index (χ4n) is 2.30. The van der Waals surface area contributed by atoms with Crippen LogP contribution in [0.5, 0.6) is 0 Å². The molecule has 0 fully saturated rings. The molecule has 1 aromatic rings. The van der Waals surface area contributed by atoms with E-state index in [1.165, 1.54) is 17.8 Å². The van der Waals surface area contributed by atoms with Crippen molar-refractivity contribution in [1.29, 1.82) is 0 Å². The van der Waals surface area contributed by atoms with Crippen LogP contribution in [-0.2, 0) is 4.79 Å². The van der Waals surface area contributed by atoms with Gasteiger partial charge in [0.1, 0.15) is 5.82 Å². The summed E-state index contributed by atoms with van der Waals surface area (Å²) in [7, 11) is 0. The molecule has 118 valence electrons. The molecule has 1 unspecified atom stereocenters. The third-order valence-corrected chi connectivity index (χ3v) is 5.00. The molecule has 0 bridgehead atoms. The second kappa shape index (κ2) is 7.80. The minimum absolute atomic E-state index is 0.0905. The van der Waals surface area contributed by atoms with Crippen LogP contribution in [0.25, 0.3) is 0 Å². The van der Waals surface area contributed by atoms with E-state index in [2.05, 4.69) is 5.32 Å². The molecule has 2 N–H and O–H groups in total. The maximum atomic E-state index is 13.8. The number of hydrogen-bond donors (Lipinski definition) is 2. The predicted molar refractivity (Wildman–Crippen MR) is 85.2 cm³/mol. The lowest BCUT2D eigenvalue weighted by molar-refractivity contribution is -0.149. The van der Waals surface area contributed by atoms with Crippen LogP contribution in [-0.4, -0.2) is 23.9 Å². The molecule has 0 spiro atoms. The van der Waals surface area contributed by atoms with Crippen molar-refractivity contribution in [3.63, 3.8) is 0 Å². The van der Waals surface area contributed by atoms with Crippen LogP contribution in [0.2, 0.25) is 0 Å². The van der Waals surface area contributed by atoms with Crippen LogP contribution in [0.15, 0.2) is 23.1 Å². The number of nitrogens with one attached hydrogen (secondary N) is 1. The average molecular weight is 313 g/mol.